The number of hydrogen-bond acceptors (Lipinski definition) is 8. The number of anilines is 2. The Hall–Kier alpha value is -2.34. The number of nitrogens with zero attached hydrogens (tertiary/aromatic N) is 4. The van der Waals surface area contributed by atoms with Gasteiger partial charge >= 0.3 is 12.0 Å². The summed E-state index contributed by atoms with van der Waals surface area (Å²) in [5.74, 6) is -2.71. The lowest BCUT2D eigenvalue weighted by atomic mass is 9.86. The molecular weight excluding hydrogens is 418 g/mol. The minimum Gasteiger partial charge on any atom is -0.394 e. The third-order valence-electron chi connectivity index (χ3n) is 5.31. The van der Waals surface area contributed by atoms with E-state index in [1.807, 2.05) is 4.90 Å². The number of urea groups is 1. The van der Waals surface area contributed by atoms with E-state index in [0.29, 0.717) is 49.3 Å². The third kappa shape index (κ3) is 4.69. The van der Waals surface area contributed by atoms with Crippen LogP contribution < -0.4 is 15.5 Å². The number of aliphatic hydroxyl groups excluding tert-OH is 1. The number of rotatable bonds is 5. The highest BCUT2D eigenvalue weighted by molar-refractivity contribution is 7.15. The zero-order valence-corrected chi connectivity index (χ0v) is 17.3. The monoisotopic (exact) mass is 442 g/mol. The highest BCUT2D eigenvalue weighted by Gasteiger charge is 2.39. The number of carbonyl (C=O) groups is 1. The molecule has 3 N–H and O–H groups in total. The predicted molar refractivity (Wildman–Crippen MR) is 106 cm³/mol. The number of amides is 2. The van der Waals surface area contributed by atoms with Crippen molar-refractivity contribution < 1.29 is 23.2 Å². The molecule has 0 spiro atoms. The minimum absolute atomic E-state index is 0.0816. The molecule has 30 heavy (non-hydrogen) atoms. The number of aliphatic hydroxyl groups is 1. The number of thiazole rings is 1. The van der Waals surface area contributed by atoms with E-state index in [0.717, 1.165) is 10.6 Å². The topological polar surface area (TPSA) is 116 Å². The molecule has 0 bridgehead atoms. The van der Waals surface area contributed by atoms with E-state index in [2.05, 4.69) is 25.8 Å². The molecule has 1 unspecified atom stereocenters. The van der Waals surface area contributed by atoms with Crippen LogP contribution >= 0.6 is 11.3 Å². The molecule has 4 rings (SSSR count). The van der Waals surface area contributed by atoms with Crippen LogP contribution in [-0.2, 0) is 13.0 Å². The van der Waals surface area contributed by atoms with Crippen LogP contribution in [0.5, 0.6) is 0 Å². The Morgan fingerprint density at radius 3 is 3.07 bits per heavy atom. The van der Waals surface area contributed by atoms with E-state index < -0.39 is 12.0 Å². The summed E-state index contributed by atoms with van der Waals surface area (Å²) in [6.45, 7) is 2.64. The van der Waals surface area contributed by atoms with Gasteiger partial charge in [-0.2, -0.15) is 4.98 Å². The van der Waals surface area contributed by atoms with Crippen molar-refractivity contribution in [3.8, 4) is 0 Å². The van der Waals surface area contributed by atoms with Gasteiger partial charge in [0.05, 0.1) is 24.9 Å². The van der Waals surface area contributed by atoms with Gasteiger partial charge in [0.15, 0.2) is 11.0 Å². The van der Waals surface area contributed by atoms with E-state index >= 15 is 0 Å². The lowest BCUT2D eigenvalue weighted by Crippen LogP contribution is -2.38. The number of aromatic nitrogens is 3. The molecule has 0 aromatic carbocycles. The van der Waals surface area contributed by atoms with E-state index in [1.54, 1.807) is 6.92 Å². The fourth-order valence-corrected chi connectivity index (χ4v) is 4.75. The van der Waals surface area contributed by atoms with Crippen molar-refractivity contribution in [2.24, 2.45) is 0 Å². The van der Waals surface area contributed by atoms with E-state index in [4.69, 9.17) is 9.63 Å². The number of hydrogen-bond donors (Lipinski definition) is 3. The first-order valence-electron chi connectivity index (χ1n) is 9.96. The number of carbonyl (C=O) groups excluding carboxylic acids is 1. The van der Waals surface area contributed by atoms with Crippen molar-refractivity contribution in [3.63, 3.8) is 0 Å². The summed E-state index contributed by atoms with van der Waals surface area (Å²) < 4.78 is 32.8. The molecule has 2 aromatic rings. The van der Waals surface area contributed by atoms with Gasteiger partial charge in [0.25, 0.3) is 0 Å². The molecule has 2 amide bonds. The average Bonchev–Trinajstić information content (AvgIpc) is 3.33. The van der Waals surface area contributed by atoms with Gasteiger partial charge in [0, 0.05) is 36.6 Å². The lowest BCUT2D eigenvalue weighted by Gasteiger charge is -2.26. The second kappa shape index (κ2) is 8.42. The molecule has 1 aliphatic carbocycles. The highest BCUT2D eigenvalue weighted by atomic mass is 32.1. The number of nitrogens with one attached hydrogen (secondary N) is 2. The van der Waals surface area contributed by atoms with Crippen LogP contribution in [0.2, 0.25) is 0 Å². The van der Waals surface area contributed by atoms with Gasteiger partial charge in [-0.05, 0) is 19.8 Å². The molecule has 2 aromatic heterocycles. The van der Waals surface area contributed by atoms with Gasteiger partial charge < -0.3 is 19.8 Å². The second-order valence-corrected chi connectivity index (χ2v) is 8.91. The van der Waals surface area contributed by atoms with Crippen LogP contribution in [0.1, 0.15) is 54.9 Å². The molecule has 1 fully saturated rings. The Morgan fingerprint density at radius 2 is 2.30 bits per heavy atom. The highest BCUT2D eigenvalue weighted by Crippen LogP contribution is 2.41. The minimum atomic E-state index is -2.67. The van der Waals surface area contributed by atoms with Crippen LogP contribution in [0.3, 0.4) is 0 Å². The summed E-state index contributed by atoms with van der Waals surface area (Å²) >= 11 is 1.36. The van der Waals surface area contributed by atoms with E-state index in [1.165, 1.54) is 11.3 Å². The fraction of sp³-hybridized carbons (Fsp3) is 0.667. The smallest absolute Gasteiger partial charge is 0.324 e. The third-order valence-corrected chi connectivity index (χ3v) is 6.31. The standard InChI is InChI=1S/C18H24F2N6O3S/c1-10(9-27)21-15(28)24-16-22-12-4-6-26(8-13(12)30-16)17-23-14(25-29-17)11-3-2-5-18(19,20)7-11/h10-11,27H,2-9H2,1H3,(H2,21,22,24,28)/t10-,11?/m1/s1. The Labute approximate surface area is 175 Å². The first kappa shape index (κ1) is 20.9. The molecule has 12 heteroatoms. The van der Waals surface area contributed by atoms with Crippen molar-refractivity contribution in [2.75, 3.05) is 23.4 Å². The molecule has 2 atom stereocenters. The molecule has 0 radical (unpaired) electrons. The molecule has 2 aliphatic rings. The first-order valence-corrected chi connectivity index (χ1v) is 10.8. The van der Waals surface area contributed by atoms with Gasteiger partial charge in [-0.1, -0.05) is 16.5 Å². The number of fused-ring (bicyclic) bond motifs is 1. The van der Waals surface area contributed by atoms with Crippen LogP contribution in [0.4, 0.5) is 24.7 Å². The van der Waals surface area contributed by atoms with Gasteiger partial charge in [-0.15, -0.1) is 0 Å². The van der Waals surface area contributed by atoms with Crippen molar-refractivity contribution in [1.82, 2.24) is 20.4 Å². The van der Waals surface area contributed by atoms with E-state index in [-0.39, 0.29) is 31.4 Å². The van der Waals surface area contributed by atoms with Gasteiger partial charge in [0.2, 0.25) is 5.92 Å². The summed E-state index contributed by atoms with van der Waals surface area (Å²) in [6.07, 6.45) is 1.41. The zero-order chi connectivity index (χ0) is 21.3. The van der Waals surface area contributed by atoms with Crippen LogP contribution in [0, 0.1) is 0 Å². The van der Waals surface area contributed by atoms with Gasteiger partial charge in [-0.25, -0.2) is 18.6 Å². The largest absolute Gasteiger partial charge is 0.394 e. The molecular formula is C18H24F2N6O3S. The first-order chi connectivity index (χ1) is 14.3. The van der Waals surface area contributed by atoms with Crippen molar-refractivity contribution in [3.05, 3.63) is 16.4 Å². The predicted octanol–water partition coefficient (Wildman–Crippen LogP) is 2.88. The van der Waals surface area contributed by atoms with E-state index in [9.17, 15) is 13.6 Å². The van der Waals surface area contributed by atoms with Crippen molar-refractivity contribution >= 4 is 28.5 Å². The zero-order valence-electron chi connectivity index (χ0n) is 16.5. The summed E-state index contributed by atoms with van der Waals surface area (Å²) in [4.78, 5) is 23.6. The Bertz CT molecular complexity index is 904. The normalized spacial score (nSPS) is 21.7. The summed E-state index contributed by atoms with van der Waals surface area (Å²) in [5.41, 5.74) is 0.897. The average molecular weight is 442 g/mol. The molecule has 3 heterocycles. The number of alkyl halides is 2. The molecule has 1 saturated carbocycles. The molecule has 9 nitrogen and oxygen atoms in total. The van der Waals surface area contributed by atoms with Crippen molar-refractivity contribution in [2.45, 2.75) is 63.5 Å². The summed E-state index contributed by atoms with van der Waals surface area (Å²) in [6, 6.07) is -0.460. The summed E-state index contributed by atoms with van der Waals surface area (Å²) in [7, 11) is 0. The molecule has 164 valence electrons. The maximum Gasteiger partial charge on any atom is 0.324 e. The van der Waals surface area contributed by atoms with Crippen LogP contribution in [0.25, 0.3) is 0 Å². The van der Waals surface area contributed by atoms with Crippen molar-refractivity contribution in [1.29, 1.82) is 0 Å². The lowest BCUT2D eigenvalue weighted by molar-refractivity contribution is -0.0418. The maximum atomic E-state index is 13.7. The van der Waals surface area contributed by atoms with Crippen LogP contribution in [-0.4, -0.2) is 51.4 Å². The Kier molecular flexibility index (Phi) is 5.87. The molecule has 0 saturated heterocycles. The SMILES string of the molecule is C[C@H](CO)NC(=O)Nc1nc2c(s1)CN(c1nc(C3CCCC(F)(F)C3)no1)CC2. The fourth-order valence-electron chi connectivity index (χ4n) is 3.73. The van der Waals surface area contributed by atoms with Crippen LogP contribution in [0.15, 0.2) is 4.52 Å². The Balaban J connectivity index is 1.39. The number of halogens is 2. The maximum absolute atomic E-state index is 13.7. The van der Waals surface area contributed by atoms with Gasteiger partial charge in [-0.3, -0.25) is 5.32 Å². The van der Waals surface area contributed by atoms with Gasteiger partial charge in [0.1, 0.15) is 0 Å². The Morgan fingerprint density at radius 1 is 1.47 bits per heavy atom. The quantitative estimate of drug-likeness (QED) is 0.652. The second-order valence-electron chi connectivity index (χ2n) is 7.83. The summed E-state index contributed by atoms with van der Waals surface area (Å²) in [5, 5.41) is 18.7. The molecule has 1 aliphatic heterocycles.